The van der Waals surface area contributed by atoms with E-state index in [9.17, 15) is 0 Å². The molecule has 1 aliphatic rings. The molecule has 0 amide bonds. The van der Waals surface area contributed by atoms with Crippen LogP contribution in [0.5, 0.6) is 0 Å². The van der Waals surface area contributed by atoms with Gasteiger partial charge in [0, 0.05) is 19.1 Å². The van der Waals surface area contributed by atoms with Gasteiger partial charge in [-0.25, -0.2) is 0 Å². The molecule has 0 aliphatic heterocycles. The normalized spacial score (nSPS) is 18.1. The molecule has 3 nitrogen and oxygen atoms in total. The van der Waals surface area contributed by atoms with Crippen molar-refractivity contribution in [2.75, 3.05) is 20.1 Å². The first-order valence-corrected chi connectivity index (χ1v) is 7.29. The van der Waals surface area contributed by atoms with Gasteiger partial charge in [0.1, 0.15) is 5.76 Å². The number of rotatable bonds is 6. The van der Waals surface area contributed by atoms with Gasteiger partial charge in [-0.3, -0.25) is 0 Å². The van der Waals surface area contributed by atoms with E-state index in [-0.39, 0.29) is 0 Å². The Kier molecular flexibility index (Phi) is 5.75. The molecule has 1 N–H and O–H groups in total. The number of nitrogens with zero attached hydrogens (tertiary/aromatic N) is 1. The Hall–Kier alpha value is -0.800. The molecule has 0 aromatic carbocycles. The van der Waals surface area contributed by atoms with E-state index in [2.05, 4.69) is 17.3 Å². The van der Waals surface area contributed by atoms with Crippen LogP contribution in [0.4, 0.5) is 0 Å². The Morgan fingerprint density at radius 3 is 2.72 bits per heavy atom. The molecule has 18 heavy (non-hydrogen) atoms. The molecule has 1 aliphatic carbocycles. The van der Waals surface area contributed by atoms with Gasteiger partial charge < -0.3 is 14.6 Å². The molecule has 102 valence electrons. The third-order valence-corrected chi connectivity index (χ3v) is 3.97. The SMILES string of the molecule is CN(CCNCc1ccco1)C1CCCCCC1. The number of likely N-dealkylation sites (N-methyl/N-ethyl adjacent to an activating group) is 1. The van der Waals surface area contributed by atoms with Crippen molar-refractivity contribution >= 4 is 0 Å². The Morgan fingerprint density at radius 1 is 1.28 bits per heavy atom. The Morgan fingerprint density at radius 2 is 2.06 bits per heavy atom. The molecule has 1 saturated carbocycles. The molecular weight excluding hydrogens is 224 g/mol. The highest BCUT2D eigenvalue weighted by molar-refractivity contribution is 4.97. The van der Waals surface area contributed by atoms with Crippen molar-refractivity contribution in [3.05, 3.63) is 24.2 Å². The summed E-state index contributed by atoms with van der Waals surface area (Å²) in [4.78, 5) is 2.53. The highest BCUT2D eigenvalue weighted by atomic mass is 16.3. The van der Waals surface area contributed by atoms with Gasteiger partial charge in [0.25, 0.3) is 0 Å². The van der Waals surface area contributed by atoms with Crippen LogP contribution in [-0.2, 0) is 6.54 Å². The molecule has 1 aromatic rings. The quantitative estimate of drug-likeness (QED) is 0.621. The highest BCUT2D eigenvalue weighted by Gasteiger charge is 2.16. The molecule has 0 atom stereocenters. The largest absolute Gasteiger partial charge is 0.468 e. The summed E-state index contributed by atoms with van der Waals surface area (Å²) >= 11 is 0. The summed E-state index contributed by atoms with van der Waals surface area (Å²) in [5.41, 5.74) is 0. The van der Waals surface area contributed by atoms with Gasteiger partial charge >= 0.3 is 0 Å². The molecule has 0 saturated heterocycles. The van der Waals surface area contributed by atoms with Crippen LogP contribution in [0.3, 0.4) is 0 Å². The van der Waals surface area contributed by atoms with Gasteiger partial charge in [0.15, 0.2) is 0 Å². The molecule has 0 bridgehead atoms. The predicted octanol–water partition coefficient (Wildman–Crippen LogP) is 3.02. The van der Waals surface area contributed by atoms with Crippen LogP contribution in [0.15, 0.2) is 22.8 Å². The Labute approximate surface area is 111 Å². The van der Waals surface area contributed by atoms with E-state index < -0.39 is 0 Å². The smallest absolute Gasteiger partial charge is 0.117 e. The van der Waals surface area contributed by atoms with Crippen LogP contribution < -0.4 is 5.32 Å². The summed E-state index contributed by atoms with van der Waals surface area (Å²) in [5, 5.41) is 3.44. The summed E-state index contributed by atoms with van der Waals surface area (Å²) in [6.45, 7) is 3.00. The molecule has 1 aromatic heterocycles. The number of furan rings is 1. The molecule has 1 fully saturated rings. The molecule has 1 heterocycles. The minimum absolute atomic E-state index is 0.804. The standard InChI is InChI=1S/C15H26N2O/c1-17(14-7-4-2-3-5-8-14)11-10-16-13-15-9-6-12-18-15/h6,9,12,14,16H,2-5,7-8,10-11,13H2,1H3. The second-order valence-electron chi connectivity index (χ2n) is 5.38. The van der Waals surface area contributed by atoms with Crippen molar-refractivity contribution in [2.24, 2.45) is 0 Å². The van der Waals surface area contributed by atoms with E-state index in [1.165, 1.54) is 38.5 Å². The van der Waals surface area contributed by atoms with Crippen LogP contribution in [0.2, 0.25) is 0 Å². The highest BCUT2D eigenvalue weighted by Crippen LogP contribution is 2.20. The second kappa shape index (κ2) is 7.59. The molecule has 0 unspecified atom stereocenters. The van der Waals surface area contributed by atoms with Crippen molar-refractivity contribution in [1.29, 1.82) is 0 Å². The van der Waals surface area contributed by atoms with E-state index in [4.69, 9.17) is 4.42 Å². The van der Waals surface area contributed by atoms with Gasteiger partial charge in [-0.15, -0.1) is 0 Å². The van der Waals surface area contributed by atoms with E-state index in [0.717, 1.165) is 31.4 Å². The second-order valence-corrected chi connectivity index (χ2v) is 5.38. The lowest BCUT2D eigenvalue weighted by atomic mass is 10.1. The molecule has 2 rings (SSSR count). The van der Waals surface area contributed by atoms with Gasteiger partial charge in [-0.1, -0.05) is 25.7 Å². The van der Waals surface area contributed by atoms with Crippen molar-refractivity contribution in [3.8, 4) is 0 Å². The molecule has 0 spiro atoms. The van der Waals surface area contributed by atoms with Gasteiger partial charge in [0.2, 0.25) is 0 Å². The van der Waals surface area contributed by atoms with E-state index in [1.54, 1.807) is 6.26 Å². The first-order chi connectivity index (χ1) is 8.86. The molecule has 0 radical (unpaired) electrons. The van der Waals surface area contributed by atoms with Crippen molar-refractivity contribution in [1.82, 2.24) is 10.2 Å². The summed E-state index contributed by atoms with van der Waals surface area (Å²) in [5.74, 6) is 1.02. The Bertz CT molecular complexity index is 302. The summed E-state index contributed by atoms with van der Waals surface area (Å²) in [6, 6.07) is 4.76. The van der Waals surface area contributed by atoms with E-state index >= 15 is 0 Å². The van der Waals surface area contributed by atoms with Gasteiger partial charge in [0.05, 0.1) is 12.8 Å². The van der Waals surface area contributed by atoms with Crippen LogP contribution >= 0.6 is 0 Å². The van der Waals surface area contributed by atoms with Crippen molar-refractivity contribution in [3.63, 3.8) is 0 Å². The van der Waals surface area contributed by atoms with Crippen LogP contribution in [-0.4, -0.2) is 31.1 Å². The van der Waals surface area contributed by atoms with Crippen LogP contribution in [0.25, 0.3) is 0 Å². The lowest BCUT2D eigenvalue weighted by Crippen LogP contribution is -2.36. The van der Waals surface area contributed by atoms with Gasteiger partial charge in [-0.2, -0.15) is 0 Å². The summed E-state index contributed by atoms with van der Waals surface area (Å²) in [6.07, 6.45) is 10.2. The van der Waals surface area contributed by atoms with Crippen molar-refractivity contribution in [2.45, 2.75) is 51.1 Å². The fraction of sp³-hybridized carbons (Fsp3) is 0.733. The third kappa shape index (κ3) is 4.46. The maximum Gasteiger partial charge on any atom is 0.117 e. The topological polar surface area (TPSA) is 28.4 Å². The monoisotopic (exact) mass is 250 g/mol. The maximum absolute atomic E-state index is 5.30. The minimum Gasteiger partial charge on any atom is -0.468 e. The average molecular weight is 250 g/mol. The van der Waals surface area contributed by atoms with E-state index in [1.807, 2.05) is 12.1 Å². The van der Waals surface area contributed by atoms with Gasteiger partial charge in [-0.05, 0) is 32.0 Å². The fourth-order valence-corrected chi connectivity index (χ4v) is 2.76. The zero-order chi connectivity index (χ0) is 12.6. The first kappa shape index (κ1) is 13.6. The predicted molar refractivity (Wildman–Crippen MR) is 74.5 cm³/mol. The average Bonchev–Trinajstić information content (AvgIpc) is 2.74. The third-order valence-electron chi connectivity index (χ3n) is 3.97. The zero-order valence-electron chi connectivity index (χ0n) is 11.5. The first-order valence-electron chi connectivity index (χ1n) is 7.29. The molecular formula is C15H26N2O. The van der Waals surface area contributed by atoms with Crippen LogP contribution in [0.1, 0.15) is 44.3 Å². The van der Waals surface area contributed by atoms with E-state index in [0.29, 0.717) is 0 Å². The zero-order valence-corrected chi connectivity index (χ0v) is 11.5. The van der Waals surface area contributed by atoms with Crippen LogP contribution in [0, 0.1) is 0 Å². The fourth-order valence-electron chi connectivity index (χ4n) is 2.76. The number of hydrogen-bond donors (Lipinski definition) is 1. The summed E-state index contributed by atoms with van der Waals surface area (Å²) < 4.78 is 5.30. The molecule has 3 heteroatoms. The minimum atomic E-state index is 0.804. The lowest BCUT2D eigenvalue weighted by molar-refractivity contribution is 0.220. The maximum atomic E-state index is 5.30. The summed E-state index contributed by atoms with van der Waals surface area (Å²) in [7, 11) is 2.27. The number of hydrogen-bond acceptors (Lipinski definition) is 3. The lowest BCUT2D eigenvalue weighted by Gasteiger charge is -2.27. The van der Waals surface area contributed by atoms with Crippen molar-refractivity contribution < 1.29 is 4.42 Å². The number of nitrogens with one attached hydrogen (secondary N) is 1. The Balaban J connectivity index is 1.60.